The van der Waals surface area contributed by atoms with Crippen LogP contribution in [-0.2, 0) is 18.8 Å². The van der Waals surface area contributed by atoms with Gasteiger partial charge in [0, 0.05) is 55.6 Å². The van der Waals surface area contributed by atoms with Gasteiger partial charge < -0.3 is 19.5 Å². The third-order valence-electron chi connectivity index (χ3n) is 9.84. The number of benzene rings is 2. The molecular weight excluding hydrogens is 674 g/mol. The molecule has 51 heavy (non-hydrogen) atoms. The summed E-state index contributed by atoms with van der Waals surface area (Å²) in [5.74, 6) is 1.17. The molecule has 0 radical (unpaired) electrons. The van der Waals surface area contributed by atoms with Crippen molar-refractivity contribution in [3.8, 4) is 5.88 Å². The number of nitrogens with zero attached hydrogens (tertiary/aromatic N) is 5. The largest absolute Gasteiger partial charge is 0.445 e. The summed E-state index contributed by atoms with van der Waals surface area (Å²) >= 11 is 0. The average molecular weight is 711 g/mol. The number of imidazole rings is 1. The lowest BCUT2D eigenvalue weighted by Gasteiger charge is -2.45. The summed E-state index contributed by atoms with van der Waals surface area (Å²) in [6.45, 7) is 3.60. The van der Waals surface area contributed by atoms with Crippen molar-refractivity contribution in [2.24, 2.45) is 0 Å². The van der Waals surface area contributed by atoms with Gasteiger partial charge in [-0.05, 0) is 81.0 Å². The van der Waals surface area contributed by atoms with Crippen LogP contribution in [0.2, 0.25) is 0 Å². The van der Waals surface area contributed by atoms with E-state index in [2.05, 4.69) is 15.2 Å². The van der Waals surface area contributed by atoms with Crippen LogP contribution in [0.15, 0.2) is 83.4 Å². The zero-order chi connectivity index (χ0) is 35.9. The van der Waals surface area contributed by atoms with Crippen molar-refractivity contribution < 1.29 is 35.6 Å². The first-order valence-electron chi connectivity index (χ1n) is 16.9. The van der Waals surface area contributed by atoms with Gasteiger partial charge in [0.05, 0.1) is 11.1 Å². The highest BCUT2D eigenvalue weighted by atomic mass is 19.4. The molecular formula is C37H36F6N6O2. The number of carbonyl (C=O) groups is 1. The molecule has 14 heteroatoms. The first kappa shape index (κ1) is 34.6. The molecule has 8 nitrogen and oxygen atoms in total. The number of nitrogens with one attached hydrogen (secondary N) is 1. The van der Waals surface area contributed by atoms with Crippen LogP contribution >= 0.6 is 0 Å². The van der Waals surface area contributed by atoms with Gasteiger partial charge in [0.25, 0.3) is 5.91 Å². The molecule has 2 aromatic carbocycles. The predicted octanol–water partition coefficient (Wildman–Crippen LogP) is 8.15. The van der Waals surface area contributed by atoms with E-state index >= 15 is 0 Å². The van der Waals surface area contributed by atoms with Crippen LogP contribution in [0.1, 0.15) is 58.5 Å². The molecule has 2 fully saturated rings. The Kier molecular flexibility index (Phi) is 9.29. The number of aromatic nitrogens is 3. The molecule has 2 atom stereocenters. The first-order valence-corrected chi connectivity index (χ1v) is 16.9. The van der Waals surface area contributed by atoms with E-state index in [0.717, 1.165) is 42.8 Å². The lowest BCUT2D eigenvalue weighted by atomic mass is 9.89. The van der Waals surface area contributed by atoms with Crippen LogP contribution in [0, 0.1) is 6.92 Å². The summed E-state index contributed by atoms with van der Waals surface area (Å²) in [5, 5.41) is 3.59. The van der Waals surface area contributed by atoms with Gasteiger partial charge in [0.1, 0.15) is 11.3 Å². The zero-order valence-electron chi connectivity index (χ0n) is 27.7. The van der Waals surface area contributed by atoms with Crippen LogP contribution in [0.5, 0.6) is 0 Å². The van der Waals surface area contributed by atoms with Crippen molar-refractivity contribution in [1.29, 1.82) is 0 Å². The summed E-state index contributed by atoms with van der Waals surface area (Å²) in [7, 11) is 0. The molecule has 2 unspecified atom stereocenters. The number of hydrogen-bond donors (Lipinski definition) is 1. The molecule has 0 spiro atoms. The topological polar surface area (TPSA) is 79.4 Å². The standard InChI is InChI=1S/C37H36F6N6O2/c1-23-9-10-32(51-23)49-33-31(8-5-14-44-33)46-35(49)45-28-11-15-47(16-12-28)29-13-17-48(30(22-29)18-24-6-3-2-4-7-24)34(50)25-19-26(36(38,39)40)21-27(20-25)37(41,42)43/h2-10,14,19-21,28-30H,11-13,15-18,22H2,1H3,(H,45,46). The van der Waals surface area contributed by atoms with Crippen LogP contribution in [0.3, 0.4) is 0 Å². The van der Waals surface area contributed by atoms with E-state index < -0.39 is 41.0 Å². The molecule has 7 rings (SSSR count). The number of likely N-dealkylation sites (tertiary alicyclic amines) is 2. The summed E-state index contributed by atoms with van der Waals surface area (Å²) in [6.07, 6.45) is -5.28. The number of alkyl halides is 6. The Labute approximate surface area is 290 Å². The molecule has 2 aliphatic rings. The summed E-state index contributed by atoms with van der Waals surface area (Å²) in [6, 6.07) is 17.7. The molecule has 5 aromatic rings. The molecule has 3 aromatic heterocycles. The SMILES string of the molecule is Cc1ccc(-n2c(NC3CCN(C4CCN(C(=O)c5cc(C(F)(F)F)cc(C(F)(F)F)c5)C(Cc5ccccc5)C4)CC3)nc3cccnc32)o1. The number of pyridine rings is 1. The van der Waals surface area contributed by atoms with Gasteiger partial charge in [-0.2, -0.15) is 26.3 Å². The molecule has 5 heterocycles. The van der Waals surface area contributed by atoms with Crippen LogP contribution < -0.4 is 5.32 Å². The number of hydrogen-bond acceptors (Lipinski definition) is 6. The average Bonchev–Trinajstić information content (AvgIpc) is 3.70. The molecule has 268 valence electrons. The normalized spacial score (nSPS) is 19.5. The van der Waals surface area contributed by atoms with Gasteiger partial charge in [-0.15, -0.1) is 0 Å². The molecule has 0 aliphatic carbocycles. The molecule has 1 N–H and O–H groups in total. The number of halogens is 6. The van der Waals surface area contributed by atoms with Crippen molar-refractivity contribution in [2.75, 3.05) is 25.0 Å². The second-order valence-corrected chi connectivity index (χ2v) is 13.3. The van der Waals surface area contributed by atoms with E-state index in [-0.39, 0.29) is 24.7 Å². The highest BCUT2D eigenvalue weighted by molar-refractivity contribution is 5.95. The van der Waals surface area contributed by atoms with Crippen molar-refractivity contribution in [3.63, 3.8) is 0 Å². The molecule has 2 aliphatic heterocycles. The number of furan rings is 1. The van der Waals surface area contributed by atoms with Gasteiger partial charge in [0.15, 0.2) is 5.65 Å². The lowest BCUT2D eigenvalue weighted by Crippen LogP contribution is -2.54. The minimum Gasteiger partial charge on any atom is -0.445 e. The number of fused-ring (bicyclic) bond motifs is 1. The summed E-state index contributed by atoms with van der Waals surface area (Å²) in [4.78, 5) is 27.0. The smallest absolute Gasteiger partial charge is 0.416 e. The number of carbonyl (C=O) groups excluding carboxylic acids is 1. The van der Waals surface area contributed by atoms with Crippen molar-refractivity contribution in [3.05, 3.63) is 107 Å². The number of rotatable bonds is 7. The highest BCUT2D eigenvalue weighted by Crippen LogP contribution is 2.38. The van der Waals surface area contributed by atoms with Gasteiger partial charge in [-0.3, -0.25) is 4.79 Å². The first-order chi connectivity index (χ1) is 24.3. The quantitative estimate of drug-likeness (QED) is 0.172. The van der Waals surface area contributed by atoms with Crippen molar-refractivity contribution >= 4 is 23.0 Å². The summed E-state index contributed by atoms with van der Waals surface area (Å²) < 4.78 is 89.7. The third kappa shape index (κ3) is 7.46. The lowest BCUT2D eigenvalue weighted by molar-refractivity contribution is -0.143. The number of piperidine rings is 2. The second-order valence-electron chi connectivity index (χ2n) is 13.3. The van der Waals surface area contributed by atoms with E-state index in [0.29, 0.717) is 48.9 Å². The maximum absolute atomic E-state index is 13.8. The molecule has 2 saturated heterocycles. The Bertz CT molecular complexity index is 1970. The van der Waals surface area contributed by atoms with Crippen LogP contribution in [-0.4, -0.2) is 68.0 Å². The predicted molar refractivity (Wildman–Crippen MR) is 179 cm³/mol. The minimum atomic E-state index is -5.05. The van der Waals surface area contributed by atoms with Gasteiger partial charge in [-0.1, -0.05) is 30.3 Å². The molecule has 0 bridgehead atoms. The van der Waals surface area contributed by atoms with Gasteiger partial charge in [0.2, 0.25) is 11.8 Å². The third-order valence-corrected chi connectivity index (χ3v) is 9.84. The van der Waals surface area contributed by atoms with Crippen LogP contribution in [0.4, 0.5) is 32.3 Å². The fraction of sp³-hybridized carbons (Fsp3) is 0.378. The Hall–Kier alpha value is -4.85. The number of aryl methyl sites for hydroxylation is 1. The van der Waals surface area contributed by atoms with Crippen molar-refractivity contribution in [1.82, 2.24) is 24.3 Å². The van der Waals surface area contributed by atoms with Gasteiger partial charge >= 0.3 is 12.4 Å². The second kappa shape index (κ2) is 13.7. The molecule has 1 amide bonds. The van der Waals surface area contributed by atoms with E-state index in [1.165, 1.54) is 4.90 Å². The fourth-order valence-corrected chi connectivity index (χ4v) is 7.30. The Balaban J connectivity index is 1.07. The molecule has 0 saturated carbocycles. The Morgan fingerprint density at radius 1 is 0.882 bits per heavy atom. The zero-order valence-corrected chi connectivity index (χ0v) is 27.7. The minimum absolute atomic E-state index is 0.0490. The Morgan fingerprint density at radius 3 is 2.24 bits per heavy atom. The highest BCUT2D eigenvalue weighted by Gasteiger charge is 2.40. The van der Waals surface area contributed by atoms with E-state index in [9.17, 15) is 31.1 Å². The van der Waals surface area contributed by atoms with Crippen molar-refractivity contribution in [2.45, 2.75) is 69.5 Å². The number of anilines is 1. The van der Waals surface area contributed by atoms with Crippen LogP contribution in [0.25, 0.3) is 17.0 Å². The maximum Gasteiger partial charge on any atom is 0.416 e. The van der Waals surface area contributed by atoms with E-state index in [1.54, 1.807) is 6.20 Å². The Morgan fingerprint density at radius 2 is 1.59 bits per heavy atom. The monoisotopic (exact) mass is 710 g/mol. The van der Waals surface area contributed by atoms with E-state index in [4.69, 9.17) is 9.40 Å². The summed E-state index contributed by atoms with van der Waals surface area (Å²) in [5.41, 5.74) is -1.29. The maximum atomic E-state index is 13.8. The van der Waals surface area contributed by atoms with Gasteiger partial charge in [-0.25, -0.2) is 14.5 Å². The fourth-order valence-electron chi connectivity index (χ4n) is 7.30. The number of amides is 1. The van der Waals surface area contributed by atoms with E-state index in [1.807, 2.05) is 66.1 Å².